The predicted octanol–water partition coefficient (Wildman–Crippen LogP) is 5.84. The maximum absolute atomic E-state index is 13.5. The number of hydrogen-bond acceptors (Lipinski definition) is 5. The van der Waals surface area contributed by atoms with E-state index < -0.39 is 0 Å². The van der Waals surface area contributed by atoms with E-state index in [0.717, 1.165) is 24.2 Å². The molecule has 1 aromatic carbocycles. The zero-order valence-corrected chi connectivity index (χ0v) is 24.7. The molecule has 1 unspecified atom stereocenters. The minimum atomic E-state index is -0.279. The van der Waals surface area contributed by atoms with Gasteiger partial charge in [-0.2, -0.15) is 5.10 Å². The van der Waals surface area contributed by atoms with Gasteiger partial charge >= 0.3 is 0 Å². The molecule has 2 aromatic rings. The summed E-state index contributed by atoms with van der Waals surface area (Å²) >= 11 is 0. The summed E-state index contributed by atoms with van der Waals surface area (Å²) in [6.07, 6.45) is 8.12. The van der Waals surface area contributed by atoms with Gasteiger partial charge in [0.05, 0.1) is 25.5 Å². The van der Waals surface area contributed by atoms with Gasteiger partial charge in [0.25, 0.3) is 5.91 Å². The Bertz CT molecular complexity index is 1050. The minimum Gasteiger partial charge on any atom is -0.496 e. The molecule has 8 heteroatoms. The summed E-state index contributed by atoms with van der Waals surface area (Å²) in [5, 5.41) is 11.0. The molecule has 39 heavy (non-hydrogen) atoms. The molecule has 0 aliphatic heterocycles. The van der Waals surface area contributed by atoms with Crippen molar-refractivity contribution in [2.75, 3.05) is 20.8 Å². The molecule has 2 atom stereocenters. The minimum absolute atomic E-state index is 0.00623. The number of rotatable bonds is 14. The van der Waals surface area contributed by atoms with Crippen molar-refractivity contribution in [3.8, 4) is 22.8 Å². The molecule has 1 aromatic heterocycles. The molecule has 0 radical (unpaired) electrons. The lowest BCUT2D eigenvalue weighted by atomic mass is 9.89. The van der Waals surface area contributed by atoms with E-state index in [2.05, 4.69) is 38.3 Å². The van der Waals surface area contributed by atoms with Crippen molar-refractivity contribution < 1.29 is 19.1 Å². The molecule has 1 aliphatic rings. The molecule has 1 saturated carbocycles. The first-order chi connectivity index (χ1) is 18.7. The predicted molar refractivity (Wildman–Crippen MR) is 155 cm³/mol. The monoisotopic (exact) mass is 540 g/mol. The molecule has 2 amide bonds. The van der Waals surface area contributed by atoms with Gasteiger partial charge < -0.3 is 20.1 Å². The number of hydrogen-bond donors (Lipinski definition) is 2. The second-order valence-corrected chi connectivity index (χ2v) is 11.5. The highest BCUT2D eigenvalue weighted by molar-refractivity contribution is 5.94. The molecule has 1 aliphatic carbocycles. The molecule has 216 valence electrons. The van der Waals surface area contributed by atoms with Crippen LogP contribution in [-0.4, -0.2) is 48.4 Å². The Morgan fingerprint density at radius 2 is 1.74 bits per heavy atom. The number of amides is 2. The SMILES string of the molecule is CCC(C)Cn1nc(C(=O)N[C@H](CC(=O)NCC2CCCCC2)CC(C)C)cc1-c1c(OC)cccc1OC. The highest BCUT2D eigenvalue weighted by atomic mass is 16.5. The Labute approximate surface area is 234 Å². The van der Waals surface area contributed by atoms with Crippen LogP contribution in [0.15, 0.2) is 24.3 Å². The van der Waals surface area contributed by atoms with Crippen molar-refractivity contribution >= 4 is 11.8 Å². The number of nitrogens with one attached hydrogen (secondary N) is 2. The fourth-order valence-corrected chi connectivity index (χ4v) is 5.36. The van der Waals surface area contributed by atoms with Crippen LogP contribution in [0.25, 0.3) is 11.3 Å². The highest BCUT2D eigenvalue weighted by Gasteiger charge is 2.25. The first-order valence-corrected chi connectivity index (χ1v) is 14.6. The Morgan fingerprint density at radius 1 is 1.08 bits per heavy atom. The standard InChI is InChI=1S/C31H48N4O4/c1-7-22(4)20-35-26(30-27(38-5)14-11-15-28(30)39-6)18-25(34-35)31(37)33-24(16-21(2)3)17-29(36)32-19-23-12-9-8-10-13-23/h11,14-15,18,21-24H,7-10,12-13,16-17,19-20H2,1-6H3,(H,32,36)(H,33,37)/t22?,24-/m0/s1. The normalized spacial score (nSPS) is 15.6. The average Bonchev–Trinajstić information content (AvgIpc) is 3.34. The number of ether oxygens (including phenoxy) is 2. The molecule has 0 saturated heterocycles. The van der Waals surface area contributed by atoms with Crippen LogP contribution in [0.1, 0.15) is 89.5 Å². The zero-order chi connectivity index (χ0) is 28.4. The van der Waals surface area contributed by atoms with E-state index in [4.69, 9.17) is 14.6 Å². The van der Waals surface area contributed by atoms with Gasteiger partial charge in [-0.25, -0.2) is 0 Å². The van der Waals surface area contributed by atoms with Crippen molar-refractivity contribution in [1.82, 2.24) is 20.4 Å². The van der Waals surface area contributed by atoms with Crippen LogP contribution in [-0.2, 0) is 11.3 Å². The molecule has 0 bridgehead atoms. The summed E-state index contributed by atoms with van der Waals surface area (Å²) in [5.74, 6) is 2.28. The lowest BCUT2D eigenvalue weighted by Gasteiger charge is -2.23. The zero-order valence-electron chi connectivity index (χ0n) is 24.7. The van der Waals surface area contributed by atoms with Gasteiger partial charge in [0, 0.05) is 25.6 Å². The summed E-state index contributed by atoms with van der Waals surface area (Å²) < 4.78 is 13.2. The second kappa shape index (κ2) is 14.9. The van der Waals surface area contributed by atoms with Gasteiger partial charge in [-0.3, -0.25) is 14.3 Å². The van der Waals surface area contributed by atoms with Crippen LogP contribution < -0.4 is 20.1 Å². The number of benzene rings is 1. The fraction of sp³-hybridized carbons (Fsp3) is 0.645. The van der Waals surface area contributed by atoms with Crippen molar-refractivity contribution in [2.45, 2.75) is 91.6 Å². The van der Waals surface area contributed by atoms with Crippen LogP contribution in [0.5, 0.6) is 11.5 Å². The van der Waals surface area contributed by atoms with Crippen LogP contribution in [0, 0.1) is 17.8 Å². The lowest BCUT2D eigenvalue weighted by Crippen LogP contribution is -2.41. The van der Waals surface area contributed by atoms with Crippen molar-refractivity contribution in [1.29, 1.82) is 0 Å². The Hall–Kier alpha value is -3.03. The van der Waals surface area contributed by atoms with Gasteiger partial charge in [-0.15, -0.1) is 0 Å². The van der Waals surface area contributed by atoms with Crippen LogP contribution in [0.2, 0.25) is 0 Å². The smallest absolute Gasteiger partial charge is 0.272 e. The molecule has 8 nitrogen and oxygen atoms in total. The van der Waals surface area contributed by atoms with Gasteiger partial charge in [-0.05, 0) is 55.2 Å². The van der Waals surface area contributed by atoms with E-state index in [-0.39, 0.29) is 24.3 Å². The first-order valence-electron chi connectivity index (χ1n) is 14.6. The third-order valence-corrected chi connectivity index (χ3v) is 7.71. The number of carbonyl (C=O) groups excluding carboxylic acids is 2. The van der Waals surface area contributed by atoms with Gasteiger partial charge in [-0.1, -0.05) is 59.4 Å². The number of nitrogens with zero attached hydrogens (tertiary/aromatic N) is 2. The Morgan fingerprint density at radius 3 is 2.33 bits per heavy atom. The molecule has 1 heterocycles. The summed E-state index contributed by atoms with van der Waals surface area (Å²) in [7, 11) is 3.24. The number of methoxy groups -OCH3 is 2. The maximum atomic E-state index is 13.5. The van der Waals surface area contributed by atoms with Crippen LogP contribution in [0.4, 0.5) is 0 Å². The summed E-state index contributed by atoms with van der Waals surface area (Å²) in [5.41, 5.74) is 1.84. The number of aromatic nitrogens is 2. The molecular weight excluding hydrogens is 492 g/mol. The summed E-state index contributed by atoms with van der Waals surface area (Å²) in [4.78, 5) is 26.3. The molecule has 1 fully saturated rings. The van der Waals surface area contributed by atoms with Crippen molar-refractivity contribution in [3.63, 3.8) is 0 Å². The average molecular weight is 541 g/mol. The second-order valence-electron chi connectivity index (χ2n) is 11.5. The third-order valence-electron chi connectivity index (χ3n) is 7.71. The Balaban J connectivity index is 1.81. The third kappa shape index (κ3) is 8.73. The summed E-state index contributed by atoms with van der Waals surface area (Å²) in [6, 6.07) is 7.16. The van der Waals surface area contributed by atoms with Gasteiger partial charge in [0.2, 0.25) is 5.91 Å². The van der Waals surface area contributed by atoms with E-state index in [0.29, 0.717) is 47.9 Å². The molecule has 0 spiro atoms. The highest BCUT2D eigenvalue weighted by Crippen LogP contribution is 2.39. The number of carbonyl (C=O) groups is 2. The van der Waals surface area contributed by atoms with E-state index in [9.17, 15) is 9.59 Å². The Kier molecular flexibility index (Phi) is 11.7. The molecule has 2 N–H and O–H groups in total. The molecule has 3 rings (SSSR count). The van der Waals surface area contributed by atoms with Crippen molar-refractivity contribution in [2.24, 2.45) is 17.8 Å². The van der Waals surface area contributed by atoms with E-state index >= 15 is 0 Å². The maximum Gasteiger partial charge on any atom is 0.272 e. The van der Waals surface area contributed by atoms with E-state index in [1.54, 1.807) is 20.3 Å². The fourth-order valence-electron chi connectivity index (χ4n) is 5.36. The topological polar surface area (TPSA) is 94.5 Å². The van der Waals surface area contributed by atoms with Crippen molar-refractivity contribution in [3.05, 3.63) is 30.0 Å². The largest absolute Gasteiger partial charge is 0.496 e. The quantitative estimate of drug-likeness (QED) is 0.314. The van der Waals surface area contributed by atoms with Crippen LogP contribution in [0.3, 0.4) is 0 Å². The van der Waals surface area contributed by atoms with E-state index in [1.165, 1.54) is 32.1 Å². The van der Waals surface area contributed by atoms with E-state index in [1.807, 2.05) is 22.9 Å². The molecular formula is C31H48N4O4. The lowest BCUT2D eigenvalue weighted by molar-refractivity contribution is -0.121. The van der Waals surface area contributed by atoms with Gasteiger partial charge in [0.1, 0.15) is 11.5 Å². The summed E-state index contributed by atoms with van der Waals surface area (Å²) in [6.45, 7) is 9.89. The first kappa shape index (κ1) is 30.5. The van der Waals surface area contributed by atoms with Gasteiger partial charge in [0.15, 0.2) is 5.69 Å². The van der Waals surface area contributed by atoms with Crippen LogP contribution >= 0.6 is 0 Å².